The lowest BCUT2D eigenvalue weighted by molar-refractivity contribution is 0.0926. The molecule has 0 bridgehead atoms. The van der Waals surface area contributed by atoms with E-state index in [0.29, 0.717) is 17.7 Å². The van der Waals surface area contributed by atoms with E-state index in [4.69, 9.17) is 0 Å². The molecule has 2 fully saturated rings. The molecule has 7 heteroatoms. The van der Waals surface area contributed by atoms with Crippen LogP contribution in [0.2, 0.25) is 0 Å². The summed E-state index contributed by atoms with van der Waals surface area (Å²) in [4.78, 5) is 12.9. The van der Waals surface area contributed by atoms with Crippen molar-refractivity contribution >= 4 is 18.3 Å². The molecule has 1 aliphatic carbocycles. The molecule has 1 amide bonds. The summed E-state index contributed by atoms with van der Waals surface area (Å²) >= 11 is 0. The van der Waals surface area contributed by atoms with E-state index >= 15 is 0 Å². The van der Waals surface area contributed by atoms with Crippen molar-refractivity contribution in [1.29, 1.82) is 0 Å². The lowest BCUT2D eigenvalue weighted by atomic mass is 10.0. The average Bonchev–Trinajstić information content (AvgIpc) is 3.45. The first-order valence-corrected chi connectivity index (χ1v) is 9.69. The van der Waals surface area contributed by atoms with Gasteiger partial charge in [-0.2, -0.15) is 0 Å². The molecule has 2 heterocycles. The number of nitrogens with one attached hydrogen (secondary N) is 2. The van der Waals surface area contributed by atoms with Crippen LogP contribution < -0.4 is 10.6 Å². The molecule has 2 aliphatic rings. The molecule has 0 spiro atoms. The smallest absolute Gasteiger partial charge is 0.273 e. The summed E-state index contributed by atoms with van der Waals surface area (Å²) in [7, 11) is 0. The number of carbonyl (C=O) groups is 1. The van der Waals surface area contributed by atoms with E-state index in [1.54, 1.807) is 0 Å². The Labute approximate surface area is 166 Å². The molecule has 146 valence electrons. The zero-order chi connectivity index (χ0) is 17.9. The SMILES string of the molecule is Cc1c(C(=O)NC(Cc2ccccc2)C2CC2)nnn1C1CCNCC1.Cl. The van der Waals surface area contributed by atoms with Gasteiger partial charge in [0.05, 0.1) is 11.7 Å². The molecule has 1 unspecified atom stereocenters. The van der Waals surface area contributed by atoms with Crippen molar-refractivity contribution in [2.24, 2.45) is 5.92 Å². The Morgan fingerprint density at radius 1 is 1.22 bits per heavy atom. The highest BCUT2D eigenvalue weighted by atomic mass is 35.5. The maximum absolute atomic E-state index is 12.9. The number of benzene rings is 1. The molecule has 1 saturated carbocycles. The van der Waals surface area contributed by atoms with Gasteiger partial charge in [0.1, 0.15) is 0 Å². The molecule has 0 radical (unpaired) electrons. The number of nitrogens with zero attached hydrogens (tertiary/aromatic N) is 3. The number of halogens is 1. The highest BCUT2D eigenvalue weighted by molar-refractivity contribution is 5.93. The van der Waals surface area contributed by atoms with Gasteiger partial charge in [0.25, 0.3) is 5.91 Å². The molecule has 2 aromatic rings. The molecular formula is C20H28ClN5O. The Morgan fingerprint density at radius 2 is 1.93 bits per heavy atom. The van der Waals surface area contributed by atoms with Crippen LogP contribution in [0.25, 0.3) is 0 Å². The van der Waals surface area contributed by atoms with Gasteiger partial charge in [-0.1, -0.05) is 35.5 Å². The maximum atomic E-state index is 12.9. The predicted octanol–water partition coefficient (Wildman–Crippen LogP) is 2.68. The quantitative estimate of drug-likeness (QED) is 0.796. The largest absolute Gasteiger partial charge is 0.347 e. The monoisotopic (exact) mass is 389 g/mol. The molecule has 6 nitrogen and oxygen atoms in total. The van der Waals surface area contributed by atoms with Crippen LogP contribution in [0.1, 0.15) is 53.5 Å². The van der Waals surface area contributed by atoms with Gasteiger partial charge in [-0.15, -0.1) is 17.5 Å². The molecule has 1 aromatic carbocycles. The second-order valence-electron chi connectivity index (χ2n) is 7.56. The van der Waals surface area contributed by atoms with E-state index < -0.39 is 0 Å². The van der Waals surface area contributed by atoms with Crippen LogP contribution in [0, 0.1) is 12.8 Å². The molecule has 1 aromatic heterocycles. The predicted molar refractivity (Wildman–Crippen MR) is 107 cm³/mol. The van der Waals surface area contributed by atoms with Crippen LogP contribution in [-0.4, -0.2) is 40.0 Å². The maximum Gasteiger partial charge on any atom is 0.273 e. The molecule has 27 heavy (non-hydrogen) atoms. The van der Waals surface area contributed by atoms with E-state index in [2.05, 4.69) is 45.2 Å². The van der Waals surface area contributed by atoms with E-state index in [1.165, 1.54) is 18.4 Å². The number of carbonyl (C=O) groups excluding carboxylic acids is 1. The van der Waals surface area contributed by atoms with Gasteiger partial charge in [0, 0.05) is 6.04 Å². The minimum atomic E-state index is -0.0875. The summed E-state index contributed by atoms with van der Waals surface area (Å²) in [5, 5.41) is 15.1. The Kier molecular flexibility index (Phi) is 6.50. The van der Waals surface area contributed by atoms with Gasteiger partial charge in [-0.3, -0.25) is 4.79 Å². The lowest BCUT2D eigenvalue weighted by Gasteiger charge is -2.23. The lowest BCUT2D eigenvalue weighted by Crippen LogP contribution is -2.38. The molecule has 1 aliphatic heterocycles. The van der Waals surface area contributed by atoms with Crippen LogP contribution in [-0.2, 0) is 6.42 Å². The number of hydrogen-bond donors (Lipinski definition) is 2. The first-order valence-electron chi connectivity index (χ1n) is 9.69. The van der Waals surface area contributed by atoms with E-state index in [1.807, 2.05) is 17.7 Å². The molecule has 2 N–H and O–H groups in total. The summed E-state index contributed by atoms with van der Waals surface area (Å²) in [6.45, 7) is 3.94. The second kappa shape index (κ2) is 8.85. The van der Waals surface area contributed by atoms with E-state index in [9.17, 15) is 4.79 Å². The van der Waals surface area contributed by atoms with Crippen molar-refractivity contribution < 1.29 is 4.79 Å². The van der Waals surface area contributed by atoms with Crippen LogP contribution in [0.4, 0.5) is 0 Å². The zero-order valence-electron chi connectivity index (χ0n) is 15.7. The number of amides is 1. The first kappa shape index (κ1) is 19.8. The number of piperidine rings is 1. The van der Waals surface area contributed by atoms with Gasteiger partial charge in [0.15, 0.2) is 5.69 Å². The van der Waals surface area contributed by atoms with Gasteiger partial charge in [-0.25, -0.2) is 4.68 Å². The summed E-state index contributed by atoms with van der Waals surface area (Å²) in [6.07, 6.45) is 5.32. The van der Waals surface area contributed by atoms with Crippen molar-refractivity contribution in [3.8, 4) is 0 Å². The normalized spacial score (nSPS) is 18.6. The highest BCUT2D eigenvalue weighted by Crippen LogP contribution is 2.34. The Hall–Kier alpha value is -1.92. The van der Waals surface area contributed by atoms with Crippen LogP contribution in [0.5, 0.6) is 0 Å². The fourth-order valence-electron chi connectivity index (χ4n) is 3.89. The minimum absolute atomic E-state index is 0. The molecule has 1 atom stereocenters. The second-order valence-corrected chi connectivity index (χ2v) is 7.56. The van der Waals surface area contributed by atoms with E-state index in [0.717, 1.165) is 38.0 Å². The fraction of sp³-hybridized carbons (Fsp3) is 0.550. The van der Waals surface area contributed by atoms with Crippen molar-refractivity contribution in [2.45, 2.75) is 51.1 Å². The van der Waals surface area contributed by atoms with Gasteiger partial charge >= 0.3 is 0 Å². The first-order chi connectivity index (χ1) is 12.7. The Balaban J connectivity index is 0.00000210. The number of rotatable bonds is 6. The molecular weight excluding hydrogens is 362 g/mol. The van der Waals surface area contributed by atoms with Crippen molar-refractivity contribution in [3.63, 3.8) is 0 Å². The van der Waals surface area contributed by atoms with Crippen LogP contribution in [0.3, 0.4) is 0 Å². The van der Waals surface area contributed by atoms with Gasteiger partial charge in [0.2, 0.25) is 0 Å². The number of aromatic nitrogens is 3. The third-order valence-electron chi connectivity index (χ3n) is 5.60. The van der Waals surface area contributed by atoms with Crippen LogP contribution in [0.15, 0.2) is 30.3 Å². The average molecular weight is 390 g/mol. The summed E-state index contributed by atoms with van der Waals surface area (Å²) < 4.78 is 1.94. The zero-order valence-corrected chi connectivity index (χ0v) is 16.5. The minimum Gasteiger partial charge on any atom is -0.347 e. The standard InChI is InChI=1S/C20H27N5O.ClH/c1-14-19(23-24-25(14)17-9-11-21-12-10-17)20(26)22-18(16-7-8-16)13-15-5-3-2-4-6-15;/h2-6,16-18,21H,7-13H2,1H3,(H,22,26);1H. The summed E-state index contributed by atoms with van der Waals surface area (Å²) in [5.74, 6) is 0.495. The van der Waals surface area contributed by atoms with Crippen LogP contribution >= 0.6 is 12.4 Å². The van der Waals surface area contributed by atoms with Crippen molar-refractivity contribution in [3.05, 3.63) is 47.3 Å². The third-order valence-corrected chi connectivity index (χ3v) is 5.60. The number of hydrogen-bond acceptors (Lipinski definition) is 4. The van der Waals surface area contributed by atoms with Crippen molar-refractivity contribution in [2.75, 3.05) is 13.1 Å². The topological polar surface area (TPSA) is 71.8 Å². The molecule has 4 rings (SSSR count). The Bertz CT molecular complexity index is 753. The third kappa shape index (κ3) is 4.68. The van der Waals surface area contributed by atoms with Gasteiger partial charge < -0.3 is 10.6 Å². The summed E-state index contributed by atoms with van der Waals surface area (Å²) in [6, 6.07) is 10.9. The summed E-state index contributed by atoms with van der Waals surface area (Å²) in [5.41, 5.74) is 2.62. The van der Waals surface area contributed by atoms with E-state index in [-0.39, 0.29) is 24.4 Å². The highest BCUT2D eigenvalue weighted by Gasteiger charge is 2.33. The molecule has 1 saturated heterocycles. The van der Waals surface area contributed by atoms with Crippen molar-refractivity contribution in [1.82, 2.24) is 25.6 Å². The fourth-order valence-corrected chi connectivity index (χ4v) is 3.89. The Morgan fingerprint density at radius 3 is 2.59 bits per heavy atom. The van der Waals surface area contributed by atoms with Gasteiger partial charge in [-0.05, 0) is 63.6 Å².